The molecule has 0 spiro atoms. The molecule has 2 rings (SSSR count). The topological polar surface area (TPSA) is 69.7 Å². The van der Waals surface area contributed by atoms with E-state index in [1.807, 2.05) is 13.0 Å². The summed E-state index contributed by atoms with van der Waals surface area (Å²) >= 11 is 0. The first-order valence-corrected chi connectivity index (χ1v) is 8.47. The van der Waals surface area contributed by atoms with Gasteiger partial charge in [-0.3, -0.25) is 4.79 Å². The zero-order chi connectivity index (χ0) is 17.6. The van der Waals surface area contributed by atoms with Crippen molar-refractivity contribution in [2.75, 3.05) is 32.8 Å². The van der Waals surface area contributed by atoms with Crippen molar-refractivity contribution in [3.8, 4) is 5.88 Å². The van der Waals surface area contributed by atoms with E-state index in [2.05, 4.69) is 17.2 Å². The van der Waals surface area contributed by atoms with E-state index in [4.69, 9.17) is 14.2 Å². The monoisotopic (exact) mass is 336 g/mol. The fourth-order valence-electron chi connectivity index (χ4n) is 3.20. The van der Waals surface area contributed by atoms with Crippen LogP contribution in [0.1, 0.15) is 38.3 Å². The van der Waals surface area contributed by atoms with Crippen molar-refractivity contribution in [1.29, 1.82) is 0 Å². The molecule has 0 radical (unpaired) electrons. The van der Waals surface area contributed by atoms with Crippen LogP contribution in [-0.4, -0.2) is 43.9 Å². The van der Waals surface area contributed by atoms with Crippen LogP contribution in [-0.2, 0) is 14.3 Å². The van der Waals surface area contributed by atoms with E-state index in [1.165, 1.54) is 0 Å². The molecule has 0 unspecified atom stereocenters. The Kier molecular flexibility index (Phi) is 6.57. The summed E-state index contributed by atoms with van der Waals surface area (Å²) < 4.78 is 16.1. The van der Waals surface area contributed by atoms with Gasteiger partial charge in [0.1, 0.15) is 12.2 Å². The first-order chi connectivity index (χ1) is 11.5. The molecule has 2 atom stereocenters. The zero-order valence-electron chi connectivity index (χ0n) is 15.1. The maximum Gasteiger partial charge on any atom is 0.256 e. The molecule has 0 saturated heterocycles. The van der Waals surface area contributed by atoms with E-state index < -0.39 is 5.60 Å². The van der Waals surface area contributed by atoms with E-state index in [-0.39, 0.29) is 5.91 Å². The van der Waals surface area contributed by atoms with Gasteiger partial charge in [-0.25, -0.2) is 4.98 Å². The summed E-state index contributed by atoms with van der Waals surface area (Å²) in [6, 6.07) is 3.57. The van der Waals surface area contributed by atoms with E-state index in [9.17, 15) is 4.79 Å². The molecule has 0 aliphatic heterocycles. The second kappa shape index (κ2) is 8.44. The molecule has 1 N–H and O–H groups in total. The third-order valence-electron chi connectivity index (χ3n) is 4.61. The number of hydrogen-bond acceptors (Lipinski definition) is 5. The molecule has 1 saturated carbocycles. The van der Waals surface area contributed by atoms with Gasteiger partial charge in [0.25, 0.3) is 5.91 Å². The van der Waals surface area contributed by atoms with Gasteiger partial charge in [-0.05, 0) is 38.2 Å². The van der Waals surface area contributed by atoms with Crippen molar-refractivity contribution in [1.82, 2.24) is 4.98 Å². The summed E-state index contributed by atoms with van der Waals surface area (Å²) in [4.78, 5) is 17.2. The van der Waals surface area contributed by atoms with Crippen LogP contribution >= 0.6 is 0 Å². The molecule has 1 heterocycles. The Morgan fingerprint density at radius 1 is 1.38 bits per heavy atom. The van der Waals surface area contributed by atoms with Crippen LogP contribution < -0.4 is 10.1 Å². The standard InChI is InChI=1S/C18H28N2O4/c1-13-6-5-9-18(12-13,23-4)17(21)20-15-7-8-16(19-14(15)2)24-11-10-22-3/h7-8,13H,5-6,9-12H2,1-4H3,(H,20,21)/t13-,18-/m0/s1. The van der Waals surface area contributed by atoms with E-state index >= 15 is 0 Å². The lowest BCUT2D eigenvalue weighted by Gasteiger charge is -2.37. The van der Waals surface area contributed by atoms with Crippen molar-refractivity contribution in [3.05, 3.63) is 17.8 Å². The molecule has 134 valence electrons. The highest BCUT2D eigenvalue weighted by Crippen LogP contribution is 2.36. The maximum absolute atomic E-state index is 12.8. The molecule has 6 nitrogen and oxygen atoms in total. The molecule has 0 aromatic carbocycles. The largest absolute Gasteiger partial charge is 0.475 e. The molecule has 0 bridgehead atoms. The lowest BCUT2D eigenvalue weighted by Crippen LogP contribution is -2.48. The van der Waals surface area contributed by atoms with Gasteiger partial charge in [0.2, 0.25) is 5.88 Å². The van der Waals surface area contributed by atoms with Crippen LogP contribution in [0.15, 0.2) is 12.1 Å². The normalized spacial score (nSPS) is 23.8. The van der Waals surface area contributed by atoms with Crippen molar-refractivity contribution in [2.24, 2.45) is 5.92 Å². The van der Waals surface area contributed by atoms with Crippen molar-refractivity contribution >= 4 is 11.6 Å². The van der Waals surface area contributed by atoms with Crippen LogP contribution in [0.2, 0.25) is 0 Å². The molecule has 24 heavy (non-hydrogen) atoms. The van der Waals surface area contributed by atoms with Crippen LogP contribution in [0.25, 0.3) is 0 Å². The Bertz CT molecular complexity index is 564. The molecule has 1 amide bonds. The second-order valence-electron chi connectivity index (χ2n) is 6.48. The van der Waals surface area contributed by atoms with Crippen LogP contribution in [0.4, 0.5) is 5.69 Å². The van der Waals surface area contributed by atoms with Crippen molar-refractivity contribution < 1.29 is 19.0 Å². The van der Waals surface area contributed by atoms with Crippen LogP contribution in [0.3, 0.4) is 0 Å². The smallest absolute Gasteiger partial charge is 0.256 e. The van der Waals surface area contributed by atoms with Gasteiger partial charge in [0, 0.05) is 20.3 Å². The number of ether oxygens (including phenoxy) is 3. The molecule has 1 aromatic heterocycles. The van der Waals surface area contributed by atoms with E-state index in [0.29, 0.717) is 36.4 Å². The molecule has 1 fully saturated rings. The lowest BCUT2D eigenvalue weighted by molar-refractivity contribution is -0.143. The number of methoxy groups -OCH3 is 2. The van der Waals surface area contributed by atoms with Crippen LogP contribution in [0.5, 0.6) is 5.88 Å². The minimum absolute atomic E-state index is 0.0884. The SMILES string of the molecule is COCCOc1ccc(NC(=O)[C@]2(OC)CCC[C@H](C)C2)c(C)n1. The molecular weight excluding hydrogens is 308 g/mol. The third-order valence-corrected chi connectivity index (χ3v) is 4.61. The van der Waals surface area contributed by atoms with Gasteiger partial charge >= 0.3 is 0 Å². The number of pyridine rings is 1. The Morgan fingerprint density at radius 2 is 2.17 bits per heavy atom. The summed E-state index contributed by atoms with van der Waals surface area (Å²) in [5.41, 5.74) is 0.666. The Balaban J connectivity index is 2.05. The highest BCUT2D eigenvalue weighted by Gasteiger charge is 2.42. The lowest BCUT2D eigenvalue weighted by atomic mass is 9.78. The predicted molar refractivity (Wildman–Crippen MR) is 92.3 cm³/mol. The van der Waals surface area contributed by atoms with Gasteiger partial charge in [-0.1, -0.05) is 13.3 Å². The first kappa shape index (κ1) is 18.7. The highest BCUT2D eigenvalue weighted by atomic mass is 16.5. The summed E-state index contributed by atoms with van der Waals surface area (Å²) in [5, 5.41) is 2.98. The number of aromatic nitrogens is 1. The molecule has 6 heteroatoms. The number of carbonyl (C=O) groups is 1. The third kappa shape index (κ3) is 4.45. The summed E-state index contributed by atoms with van der Waals surface area (Å²) in [7, 11) is 3.24. The molecule has 1 aliphatic rings. The highest BCUT2D eigenvalue weighted by molar-refractivity contribution is 5.97. The van der Waals surface area contributed by atoms with E-state index in [0.717, 1.165) is 25.7 Å². The number of rotatable bonds is 7. The van der Waals surface area contributed by atoms with Gasteiger partial charge in [0.15, 0.2) is 0 Å². The average molecular weight is 336 g/mol. The number of nitrogens with zero attached hydrogens (tertiary/aromatic N) is 1. The number of nitrogens with one attached hydrogen (secondary N) is 1. The van der Waals surface area contributed by atoms with Crippen molar-refractivity contribution in [3.63, 3.8) is 0 Å². The Hall–Kier alpha value is -1.66. The van der Waals surface area contributed by atoms with Gasteiger partial charge in [-0.2, -0.15) is 0 Å². The number of anilines is 1. The molecule has 1 aliphatic carbocycles. The van der Waals surface area contributed by atoms with E-state index in [1.54, 1.807) is 20.3 Å². The van der Waals surface area contributed by atoms with Crippen LogP contribution in [0, 0.1) is 12.8 Å². The quantitative estimate of drug-likeness (QED) is 0.775. The van der Waals surface area contributed by atoms with Gasteiger partial charge in [0.05, 0.1) is 18.0 Å². The minimum atomic E-state index is -0.738. The number of amides is 1. The average Bonchev–Trinajstić information content (AvgIpc) is 2.57. The molecule has 1 aromatic rings. The summed E-state index contributed by atoms with van der Waals surface area (Å²) in [6.07, 6.45) is 3.66. The predicted octanol–water partition coefficient (Wildman–Crippen LogP) is 2.95. The fourth-order valence-corrected chi connectivity index (χ4v) is 3.20. The summed E-state index contributed by atoms with van der Waals surface area (Å²) in [5.74, 6) is 0.921. The van der Waals surface area contributed by atoms with Gasteiger partial charge < -0.3 is 19.5 Å². The first-order valence-electron chi connectivity index (χ1n) is 8.47. The minimum Gasteiger partial charge on any atom is -0.475 e. The number of hydrogen-bond donors (Lipinski definition) is 1. The maximum atomic E-state index is 12.8. The zero-order valence-corrected chi connectivity index (χ0v) is 15.1. The Morgan fingerprint density at radius 3 is 2.79 bits per heavy atom. The second-order valence-corrected chi connectivity index (χ2v) is 6.48. The number of aryl methyl sites for hydroxylation is 1. The fraction of sp³-hybridized carbons (Fsp3) is 0.667. The Labute approximate surface area is 143 Å². The molecular formula is C18H28N2O4. The van der Waals surface area contributed by atoms with Crippen molar-refractivity contribution in [2.45, 2.75) is 45.1 Å². The number of carbonyl (C=O) groups excluding carboxylic acids is 1. The summed E-state index contributed by atoms with van der Waals surface area (Å²) in [6.45, 7) is 4.97. The van der Waals surface area contributed by atoms with Gasteiger partial charge in [-0.15, -0.1) is 0 Å².